The lowest BCUT2D eigenvalue weighted by Gasteiger charge is -2.07. The number of pyridine rings is 1. The van der Waals surface area contributed by atoms with Crippen molar-refractivity contribution in [3.05, 3.63) is 97.8 Å². The number of benzene rings is 1. The van der Waals surface area contributed by atoms with Gasteiger partial charge in [0.05, 0.1) is 24.3 Å². The first-order valence-corrected chi connectivity index (χ1v) is 9.47. The number of rotatable bonds is 5. The fourth-order valence-corrected chi connectivity index (χ4v) is 3.63. The van der Waals surface area contributed by atoms with E-state index >= 15 is 0 Å². The summed E-state index contributed by atoms with van der Waals surface area (Å²) in [4.78, 5) is 43.8. The van der Waals surface area contributed by atoms with Crippen molar-refractivity contribution < 1.29 is 4.79 Å². The van der Waals surface area contributed by atoms with E-state index in [9.17, 15) is 14.4 Å². The molecule has 0 radical (unpaired) electrons. The van der Waals surface area contributed by atoms with Crippen molar-refractivity contribution in [3.8, 4) is 0 Å². The van der Waals surface area contributed by atoms with Crippen molar-refractivity contribution in [2.45, 2.75) is 13.1 Å². The van der Waals surface area contributed by atoms with Crippen LogP contribution in [0, 0.1) is 0 Å². The van der Waals surface area contributed by atoms with Crippen LogP contribution in [0.5, 0.6) is 0 Å². The zero-order valence-electron chi connectivity index (χ0n) is 14.7. The second-order valence-electron chi connectivity index (χ2n) is 6.19. The number of amides is 1. The molecule has 8 heteroatoms. The molecular formula is C20H16N4O3S. The molecule has 0 bridgehead atoms. The highest BCUT2D eigenvalue weighted by atomic mass is 32.1. The number of nitrogens with zero attached hydrogens (tertiary/aromatic N) is 2. The van der Waals surface area contributed by atoms with Crippen LogP contribution in [0.15, 0.2) is 69.7 Å². The third-order valence-electron chi connectivity index (χ3n) is 4.30. The largest absolute Gasteiger partial charge is 0.346 e. The van der Waals surface area contributed by atoms with Crippen LogP contribution < -0.4 is 16.6 Å². The molecule has 2 N–H and O–H groups in total. The minimum atomic E-state index is -0.451. The van der Waals surface area contributed by atoms with Crippen LogP contribution in [0.25, 0.3) is 10.2 Å². The quantitative estimate of drug-likeness (QED) is 0.544. The fraction of sp³-hybridized carbons (Fsp3) is 0.100. The predicted octanol–water partition coefficient (Wildman–Crippen LogP) is 2.12. The minimum absolute atomic E-state index is 0.137. The summed E-state index contributed by atoms with van der Waals surface area (Å²) in [5.74, 6) is -0.216. The second kappa shape index (κ2) is 7.61. The maximum Gasteiger partial charge on any atom is 0.329 e. The molecule has 140 valence electrons. The summed E-state index contributed by atoms with van der Waals surface area (Å²) in [5, 5.41) is 4.58. The molecular weight excluding hydrogens is 376 g/mol. The molecule has 0 saturated carbocycles. The van der Waals surface area contributed by atoms with Gasteiger partial charge in [0.1, 0.15) is 4.70 Å². The molecule has 0 aliphatic heterocycles. The van der Waals surface area contributed by atoms with Crippen molar-refractivity contribution >= 4 is 27.5 Å². The zero-order chi connectivity index (χ0) is 19.5. The number of thiophene rings is 1. The van der Waals surface area contributed by atoms with E-state index in [-0.39, 0.29) is 18.0 Å². The van der Waals surface area contributed by atoms with Gasteiger partial charge in [-0.25, -0.2) is 4.79 Å². The summed E-state index contributed by atoms with van der Waals surface area (Å²) in [5.41, 5.74) is 1.81. The summed E-state index contributed by atoms with van der Waals surface area (Å²) < 4.78 is 1.68. The van der Waals surface area contributed by atoms with Crippen LogP contribution in [-0.4, -0.2) is 20.4 Å². The average Bonchev–Trinajstić information content (AvgIpc) is 3.19. The van der Waals surface area contributed by atoms with Crippen molar-refractivity contribution in [2.24, 2.45) is 0 Å². The van der Waals surface area contributed by atoms with Gasteiger partial charge in [0.25, 0.3) is 11.5 Å². The van der Waals surface area contributed by atoms with E-state index in [2.05, 4.69) is 15.3 Å². The van der Waals surface area contributed by atoms with Gasteiger partial charge in [0.15, 0.2) is 0 Å². The van der Waals surface area contributed by atoms with Crippen molar-refractivity contribution in [2.75, 3.05) is 0 Å². The van der Waals surface area contributed by atoms with Crippen LogP contribution >= 0.6 is 11.3 Å². The highest BCUT2D eigenvalue weighted by molar-refractivity contribution is 7.17. The third kappa shape index (κ3) is 3.63. The van der Waals surface area contributed by atoms with Gasteiger partial charge in [0, 0.05) is 11.8 Å². The molecule has 3 aromatic heterocycles. The Morgan fingerprint density at radius 1 is 1.11 bits per heavy atom. The molecule has 0 spiro atoms. The Labute approximate surface area is 163 Å². The highest BCUT2D eigenvalue weighted by Crippen LogP contribution is 2.12. The normalized spacial score (nSPS) is 10.9. The molecule has 3 heterocycles. The number of aromatic nitrogens is 3. The monoisotopic (exact) mass is 392 g/mol. The van der Waals surface area contributed by atoms with Crippen LogP contribution in [0.1, 0.15) is 21.6 Å². The van der Waals surface area contributed by atoms with E-state index < -0.39 is 5.69 Å². The van der Waals surface area contributed by atoms with Gasteiger partial charge in [-0.15, -0.1) is 11.3 Å². The van der Waals surface area contributed by atoms with E-state index in [4.69, 9.17) is 0 Å². The van der Waals surface area contributed by atoms with E-state index in [0.29, 0.717) is 22.3 Å². The number of hydrogen-bond acceptors (Lipinski definition) is 5. The molecule has 4 rings (SSSR count). The van der Waals surface area contributed by atoms with Crippen molar-refractivity contribution in [3.63, 3.8) is 0 Å². The van der Waals surface area contributed by atoms with Gasteiger partial charge in [0.2, 0.25) is 0 Å². The SMILES string of the molecule is O=C(NCc1ccccn1)c1ccc(Cn2c(=O)[nH]c3ccsc3c2=O)cc1. The maximum absolute atomic E-state index is 12.5. The molecule has 1 aromatic carbocycles. The Morgan fingerprint density at radius 3 is 2.68 bits per heavy atom. The van der Waals surface area contributed by atoms with E-state index in [1.807, 2.05) is 18.2 Å². The fourth-order valence-electron chi connectivity index (χ4n) is 2.83. The standard InChI is InChI=1S/C20H16N4O3S/c25-18(22-11-15-3-1-2-9-21-15)14-6-4-13(5-7-14)12-24-19(26)17-16(8-10-28-17)23-20(24)27/h1-10H,11-12H2,(H,22,25)(H,23,27). The Morgan fingerprint density at radius 2 is 1.93 bits per heavy atom. The van der Waals surface area contributed by atoms with Gasteiger partial charge in [-0.3, -0.25) is 19.1 Å². The summed E-state index contributed by atoms with van der Waals surface area (Å²) in [6.07, 6.45) is 1.67. The number of H-pyrrole nitrogens is 1. The summed E-state index contributed by atoms with van der Waals surface area (Å²) in [7, 11) is 0. The lowest BCUT2D eigenvalue weighted by molar-refractivity contribution is 0.0950. The molecule has 0 aliphatic carbocycles. The van der Waals surface area contributed by atoms with E-state index in [1.54, 1.807) is 41.9 Å². The van der Waals surface area contributed by atoms with E-state index in [1.165, 1.54) is 11.3 Å². The van der Waals surface area contributed by atoms with Crippen molar-refractivity contribution in [1.29, 1.82) is 0 Å². The van der Waals surface area contributed by atoms with Crippen LogP contribution in [0.2, 0.25) is 0 Å². The topological polar surface area (TPSA) is 96.8 Å². The first-order chi connectivity index (χ1) is 13.6. The molecule has 7 nitrogen and oxygen atoms in total. The Bertz CT molecular complexity index is 1240. The van der Waals surface area contributed by atoms with Gasteiger partial charge in [-0.05, 0) is 41.3 Å². The molecule has 0 fully saturated rings. The summed E-state index contributed by atoms with van der Waals surface area (Å²) in [6.45, 7) is 0.477. The Balaban J connectivity index is 1.48. The number of fused-ring (bicyclic) bond motifs is 1. The number of nitrogens with one attached hydrogen (secondary N) is 2. The number of carbonyl (C=O) groups excluding carboxylic acids is 1. The molecule has 4 aromatic rings. The predicted molar refractivity (Wildman–Crippen MR) is 108 cm³/mol. The van der Waals surface area contributed by atoms with Crippen LogP contribution in [0.3, 0.4) is 0 Å². The smallest absolute Gasteiger partial charge is 0.329 e. The first-order valence-electron chi connectivity index (χ1n) is 8.59. The Kier molecular flexibility index (Phi) is 4.86. The third-order valence-corrected chi connectivity index (χ3v) is 5.21. The molecule has 0 aliphatic rings. The summed E-state index contributed by atoms with van der Waals surface area (Å²) >= 11 is 1.30. The molecule has 0 unspecified atom stereocenters. The van der Waals surface area contributed by atoms with Gasteiger partial charge in [-0.2, -0.15) is 0 Å². The molecule has 28 heavy (non-hydrogen) atoms. The first kappa shape index (κ1) is 17.9. The maximum atomic E-state index is 12.5. The minimum Gasteiger partial charge on any atom is -0.346 e. The van der Waals surface area contributed by atoms with Gasteiger partial charge in [-0.1, -0.05) is 18.2 Å². The van der Waals surface area contributed by atoms with Gasteiger partial charge >= 0.3 is 5.69 Å². The second-order valence-corrected chi connectivity index (χ2v) is 7.10. The highest BCUT2D eigenvalue weighted by Gasteiger charge is 2.10. The number of carbonyl (C=O) groups is 1. The zero-order valence-corrected chi connectivity index (χ0v) is 15.5. The van der Waals surface area contributed by atoms with Crippen LogP contribution in [-0.2, 0) is 13.1 Å². The molecule has 0 saturated heterocycles. The van der Waals surface area contributed by atoms with Crippen molar-refractivity contribution in [1.82, 2.24) is 19.9 Å². The van der Waals surface area contributed by atoms with E-state index in [0.717, 1.165) is 15.8 Å². The lowest BCUT2D eigenvalue weighted by atomic mass is 10.1. The molecule has 0 atom stereocenters. The van der Waals surface area contributed by atoms with Gasteiger partial charge < -0.3 is 10.3 Å². The lowest BCUT2D eigenvalue weighted by Crippen LogP contribution is -2.34. The molecule has 1 amide bonds. The number of hydrogen-bond donors (Lipinski definition) is 2. The summed E-state index contributed by atoms with van der Waals surface area (Å²) in [6, 6.07) is 14.0. The Hall–Kier alpha value is -3.52. The average molecular weight is 392 g/mol. The van der Waals surface area contributed by atoms with Crippen LogP contribution in [0.4, 0.5) is 0 Å². The number of aromatic amines is 1.